The first kappa shape index (κ1) is 23.4. The molecule has 2 heterocycles. The molecule has 1 aliphatic heterocycles. The fraction of sp³-hybridized carbons (Fsp3) is 0.542. The number of alkyl halides is 3. The molecule has 0 unspecified atom stereocenters. The number of rotatable bonds is 7. The topological polar surface area (TPSA) is 28.6 Å². The lowest BCUT2D eigenvalue weighted by molar-refractivity contribution is -0.119. The third-order valence-electron chi connectivity index (χ3n) is 5.73. The van der Waals surface area contributed by atoms with Crippen molar-refractivity contribution in [1.29, 1.82) is 0 Å². The van der Waals surface area contributed by atoms with Gasteiger partial charge in [-0.05, 0) is 77.7 Å². The van der Waals surface area contributed by atoms with Crippen LogP contribution >= 0.6 is 0 Å². The number of hydrogen-bond acceptors (Lipinski definition) is 4. The molecule has 0 saturated carbocycles. The lowest BCUT2D eigenvalue weighted by Crippen LogP contribution is -2.40. The molecule has 2 aromatic rings. The normalized spacial score (nSPS) is 14.8. The van der Waals surface area contributed by atoms with Gasteiger partial charge in [-0.15, -0.1) is 0 Å². The van der Waals surface area contributed by atoms with E-state index < -0.39 is 12.7 Å². The van der Waals surface area contributed by atoms with Gasteiger partial charge in [0.2, 0.25) is 5.88 Å². The minimum atomic E-state index is -4.29. The molecule has 0 aliphatic carbocycles. The van der Waals surface area contributed by atoms with E-state index in [4.69, 9.17) is 4.74 Å². The van der Waals surface area contributed by atoms with Crippen molar-refractivity contribution in [3.8, 4) is 11.6 Å². The van der Waals surface area contributed by atoms with Crippen LogP contribution in [0.1, 0.15) is 40.8 Å². The third kappa shape index (κ3) is 6.12. The van der Waals surface area contributed by atoms with Crippen molar-refractivity contribution in [1.82, 2.24) is 9.88 Å². The highest BCUT2D eigenvalue weighted by Crippen LogP contribution is 2.35. The monoisotopic (exact) mass is 435 g/mol. The van der Waals surface area contributed by atoms with Gasteiger partial charge in [-0.2, -0.15) is 13.2 Å². The second-order valence-electron chi connectivity index (χ2n) is 8.63. The smallest absolute Gasteiger partial charge is 0.405 e. The Kier molecular flexibility index (Phi) is 7.14. The largest absolute Gasteiger partial charge is 0.438 e. The van der Waals surface area contributed by atoms with E-state index in [1.165, 1.54) is 4.90 Å². The molecule has 1 aromatic carbocycles. The maximum Gasteiger partial charge on any atom is 0.405 e. The Morgan fingerprint density at radius 3 is 2.19 bits per heavy atom. The number of hydrogen-bond donors (Lipinski definition) is 0. The van der Waals surface area contributed by atoms with Gasteiger partial charge in [0, 0.05) is 30.0 Å². The Hall–Kier alpha value is -2.28. The summed E-state index contributed by atoms with van der Waals surface area (Å²) in [5.74, 6) is 1.07. The van der Waals surface area contributed by atoms with Crippen LogP contribution in [0.2, 0.25) is 0 Å². The number of halogens is 3. The summed E-state index contributed by atoms with van der Waals surface area (Å²) in [5.41, 5.74) is 4.87. The lowest BCUT2D eigenvalue weighted by atomic mass is 10.1. The molecule has 1 fully saturated rings. The average Bonchev–Trinajstić information content (AvgIpc) is 3.16. The van der Waals surface area contributed by atoms with Crippen LogP contribution < -0.4 is 9.64 Å². The number of benzene rings is 1. The van der Waals surface area contributed by atoms with E-state index in [2.05, 4.69) is 9.88 Å². The van der Waals surface area contributed by atoms with E-state index in [0.29, 0.717) is 41.7 Å². The molecule has 3 rings (SSSR count). The van der Waals surface area contributed by atoms with Gasteiger partial charge in [-0.3, -0.25) is 0 Å². The first-order chi connectivity index (χ1) is 14.5. The summed E-state index contributed by atoms with van der Waals surface area (Å²) in [7, 11) is 0. The Labute approximate surface area is 183 Å². The standard InChI is InChI=1S/C24H32F3N3O/c1-16-12-17(2)22(18(3)13-16)31-23-20(5)21(14-19(4)28-23)30(15-24(25,26)27)11-10-29-8-6-7-9-29/h12-14H,6-11,15H2,1-5H3. The molecular formula is C24H32F3N3O. The Morgan fingerprint density at radius 2 is 1.61 bits per heavy atom. The van der Waals surface area contributed by atoms with Crippen molar-refractivity contribution in [2.75, 3.05) is 37.6 Å². The molecular weight excluding hydrogens is 403 g/mol. The number of aryl methyl sites for hydroxylation is 4. The number of pyridine rings is 1. The molecule has 0 radical (unpaired) electrons. The van der Waals surface area contributed by atoms with E-state index in [0.717, 1.165) is 42.6 Å². The molecule has 7 heteroatoms. The Balaban J connectivity index is 1.93. The van der Waals surface area contributed by atoms with Gasteiger partial charge in [-0.1, -0.05) is 17.7 Å². The second-order valence-corrected chi connectivity index (χ2v) is 8.63. The van der Waals surface area contributed by atoms with Crippen molar-refractivity contribution < 1.29 is 17.9 Å². The molecule has 4 nitrogen and oxygen atoms in total. The summed E-state index contributed by atoms with van der Waals surface area (Å²) in [6.45, 7) is 11.4. The predicted molar refractivity (Wildman–Crippen MR) is 118 cm³/mol. The average molecular weight is 436 g/mol. The molecule has 1 aromatic heterocycles. The van der Waals surface area contributed by atoms with E-state index in [-0.39, 0.29) is 0 Å². The van der Waals surface area contributed by atoms with E-state index >= 15 is 0 Å². The molecule has 170 valence electrons. The second kappa shape index (κ2) is 9.47. The minimum Gasteiger partial charge on any atom is -0.438 e. The summed E-state index contributed by atoms with van der Waals surface area (Å²) >= 11 is 0. The molecule has 0 N–H and O–H groups in total. The van der Waals surface area contributed by atoms with Crippen molar-refractivity contribution in [3.05, 3.63) is 46.1 Å². The number of aromatic nitrogens is 1. The molecule has 0 bridgehead atoms. The highest BCUT2D eigenvalue weighted by Gasteiger charge is 2.32. The van der Waals surface area contributed by atoms with Gasteiger partial charge >= 0.3 is 6.18 Å². The van der Waals surface area contributed by atoms with Crippen LogP contribution in [0, 0.1) is 34.6 Å². The first-order valence-corrected chi connectivity index (χ1v) is 10.8. The predicted octanol–water partition coefficient (Wildman–Crippen LogP) is 5.88. The molecule has 1 saturated heterocycles. The van der Waals surface area contributed by atoms with Crippen LogP contribution in [-0.2, 0) is 0 Å². The molecule has 0 atom stereocenters. The maximum absolute atomic E-state index is 13.4. The maximum atomic E-state index is 13.4. The summed E-state index contributed by atoms with van der Waals surface area (Å²) in [6, 6.07) is 5.79. The fourth-order valence-electron chi connectivity index (χ4n) is 4.31. The lowest BCUT2D eigenvalue weighted by Gasteiger charge is -2.30. The Bertz CT molecular complexity index is 898. The first-order valence-electron chi connectivity index (χ1n) is 10.8. The highest BCUT2D eigenvalue weighted by atomic mass is 19.4. The minimum absolute atomic E-state index is 0.311. The summed E-state index contributed by atoms with van der Waals surface area (Å²) in [4.78, 5) is 8.16. The van der Waals surface area contributed by atoms with Crippen molar-refractivity contribution >= 4 is 5.69 Å². The van der Waals surface area contributed by atoms with E-state index in [1.54, 1.807) is 19.9 Å². The molecule has 31 heavy (non-hydrogen) atoms. The quantitative estimate of drug-likeness (QED) is 0.543. The zero-order valence-electron chi connectivity index (χ0n) is 19.1. The zero-order valence-corrected chi connectivity index (χ0v) is 19.1. The molecule has 0 amide bonds. The van der Waals surface area contributed by atoms with Crippen LogP contribution in [0.3, 0.4) is 0 Å². The van der Waals surface area contributed by atoms with Gasteiger partial charge < -0.3 is 14.5 Å². The number of likely N-dealkylation sites (tertiary alicyclic amines) is 1. The Morgan fingerprint density at radius 1 is 1.00 bits per heavy atom. The van der Waals surface area contributed by atoms with Gasteiger partial charge in [0.15, 0.2) is 0 Å². The van der Waals surface area contributed by atoms with Gasteiger partial charge in [-0.25, -0.2) is 4.98 Å². The van der Waals surface area contributed by atoms with Crippen LogP contribution in [0.5, 0.6) is 11.6 Å². The van der Waals surface area contributed by atoms with E-state index in [1.807, 2.05) is 32.9 Å². The molecule has 1 aliphatic rings. The van der Waals surface area contributed by atoms with Crippen LogP contribution in [0.25, 0.3) is 0 Å². The highest BCUT2D eigenvalue weighted by molar-refractivity contribution is 5.59. The van der Waals surface area contributed by atoms with Crippen molar-refractivity contribution in [2.45, 2.75) is 53.6 Å². The SMILES string of the molecule is Cc1cc(C)c(Oc2nc(C)cc(N(CCN3CCCC3)CC(F)(F)F)c2C)c(C)c1. The number of anilines is 1. The third-order valence-corrected chi connectivity index (χ3v) is 5.73. The summed E-state index contributed by atoms with van der Waals surface area (Å²) in [6.07, 6.45) is -2.07. The van der Waals surface area contributed by atoms with Gasteiger partial charge in [0.05, 0.1) is 0 Å². The van der Waals surface area contributed by atoms with Crippen molar-refractivity contribution in [2.24, 2.45) is 0 Å². The van der Waals surface area contributed by atoms with Crippen LogP contribution in [0.15, 0.2) is 18.2 Å². The van der Waals surface area contributed by atoms with Crippen molar-refractivity contribution in [3.63, 3.8) is 0 Å². The summed E-state index contributed by atoms with van der Waals surface area (Å²) < 4.78 is 46.4. The summed E-state index contributed by atoms with van der Waals surface area (Å²) in [5, 5.41) is 0. The number of ether oxygens (including phenoxy) is 1. The number of nitrogens with zero attached hydrogens (tertiary/aromatic N) is 3. The molecule has 0 spiro atoms. The fourth-order valence-corrected chi connectivity index (χ4v) is 4.31. The zero-order chi connectivity index (χ0) is 22.8. The van der Waals surface area contributed by atoms with Crippen LogP contribution in [0.4, 0.5) is 18.9 Å². The van der Waals surface area contributed by atoms with E-state index in [9.17, 15) is 13.2 Å². The van der Waals surface area contributed by atoms with Crippen LogP contribution in [-0.4, -0.2) is 48.8 Å². The van der Waals surface area contributed by atoms with Gasteiger partial charge in [0.1, 0.15) is 12.3 Å². The van der Waals surface area contributed by atoms with Gasteiger partial charge in [0.25, 0.3) is 0 Å².